The lowest BCUT2D eigenvalue weighted by Gasteiger charge is -2.36. The Morgan fingerprint density at radius 2 is 1.15 bits per heavy atom. The van der Waals surface area contributed by atoms with Gasteiger partial charge in [-0.05, 0) is 111 Å². The number of aliphatic hydroxyl groups excluding tert-OH is 1. The van der Waals surface area contributed by atoms with Gasteiger partial charge in [0.15, 0.2) is 5.11 Å². The lowest BCUT2D eigenvalue weighted by atomic mass is 9.95. The SMILES string of the molecule is CCN1C(=O)C(=C2/C(=C\C=c3/c4cccc5c(CO)ccc(c54)n3CC)CC/C2=C\C=c2/c3cccc4c(OC)ccc(c43)n2CC)C(=O)N(CC)C1=S. The zero-order chi connectivity index (χ0) is 37.8. The summed E-state index contributed by atoms with van der Waals surface area (Å²) >= 11 is 5.66. The van der Waals surface area contributed by atoms with Crippen molar-refractivity contribution in [2.75, 3.05) is 20.2 Å². The van der Waals surface area contributed by atoms with E-state index < -0.39 is 0 Å². The molecule has 0 radical (unpaired) electrons. The topological polar surface area (TPSA) is 79.9 Å². The van der Waals surface area contributed by atoms with Gasteiger partial charge in [-0.3, -0.25) is 19.4 Å². The van der Waals surface area contributed by atoms with Gasteiger partial charge in [0.2, 0.25) is 0 Å². The number of methoxy groups -OCH3 is 1. The van der Waals surface area contributed by atoms with Gasteiger partial charge < -0.3 is 19.0 Å². The molecule has 2 amide bonds. The Hall–Kier alpha value is -5.51. The first-order chi connectivity index (χ1) is 26.3. The van der Waals surface area contributed by atoms with Crippen LogP contribution in [0.4, 0.5) is 0 Å². The lowest BCUT2D eigenvalue weighted by molar-refractivity contribution is -0.133. The zero-order valence-electron chi connectivity index (χ0n) is 31.4. The number of carbonyl (C=O) groups is 2. The van der Waals surface area contributed by atoms with Crippen LogP contribution in [0.5, 0.6) is 5.75 Å². The number of allylic oxidation sites excluding steroid dienone is 5. The maximum absolute atomic E-state index is 14.3. The third kappa shape index (κ3) is 5.24. The fourth-order valence-electron chi connectivity index (χ4n) is 8.79. The number of benzene rings is 4. The Morgan fingerprint density at radius 1 is 0.648 bits per heavy atom. The molecule has 9 heteroatoms. The molecule has 2 fully saturated rings. The predicted octanol–water partition coefficient (Wildman–Crippen LogP) is 7.08. The fraction of sp³-hybridized carbons (Fsp3) is 0.267. The van der Waals surface area contributed by atoms with Crippen molar-refractivity contribution < 1.29 is 19.4 Å². The maximum atomic E-state index is 14.3. The predicted molar refractivity (Wildman–Crippen MR) is 222 cm³/mol. The highest BCUT2D eigenvalue weighted by molar-refractivity contribution is 7.80. The van der Waals surface area contributed by atoms with Gasteiger partial charge in [-0.15, -0.1) is 0 Å². The molecule has 274 valence electrons. The largest absolute Gasteiger partial charge is 0.496 e. The summed E-state index contributed by atoms with van der Waals surface area (Å²) in [7, 11) is 1.70. The Morgan fingerprint density at radius 3 is 1.65 bits per heavy atom. The van der Waals surface area contributed by atoms with E-state index in [4.69, 9.17) is 17.0 Å². The van der Waals surface area contributed by atoms with Gasteiger partial charge in [0.1, 0.15) is 11.3 Å². The van der Waals surface area contributed by atoms with Crippen LogP contribution in [0, 0.1) is 0 Å². The maximum Gasteiger partial charge on any atom is 0.266 e. The van der Waals surface area contributed by atoms with Gasteiger partial charge in [0.25, 0.3) is 11.8 Å². The molecule has 1 saturated carbocycles. The minimum absolute atomic E-state index is 0.0296. The Kier molecular flexibility index (Phi) is 9.24. The minimum atomic E-state index is -0.351. The van der Waals surface area contributed by atoms with Crippen LogP contribution in [0.3, 0.4) is 0 Å². The number of rotatable bonds is 8. The number of aromatic nitrogens is 2. The summed E-state index contributed by atoms with van der Waals surface area (Å²) < 4.78 is 10.3. The van der Waals surface area contributed by atoms with Crippen LogP contribution < -0.4 is 15.4 Å². The molecule has 1 aliphatic carbocycles. The molecule has 2 aromatic heterocycles. The van der Waals surface area contributed by atoms with Crippen molar-refractivity contribution in [3.63, 3.8) is 0 Å². The van der Waals surface area contributed by atoms with E-state index in [9.17, 15) is 14.7 Å². The first kappa shape index (κ1) is 35.5. The summed E-state index contributed by atoms with van der Waals surface area (Å²) in [5.41, 5.74) is 5.88. The number of hydrogen-bond donors (Lipinski definition) is 1. The first-order valence-electron chi connectivity index (χ1n) is 18.9. The minimum Gasteiger partial charge on any atom is -0.496 e. The Labute approximate surface area is 319 Å². The molecular formula is C45H44N4O4S. The molecule has 0 atom stereocenters. The molecule has 0 unspecified atom stereocenters. The molecule has 1 aliphatic heterocycles. The summed E-state index contributed by atoms with van der Waals surface area (Å²) in [4.78, 5) is 31.7. The molecule has 0 bridgehead atoms. The molecule has 3 heterocycles. The number of carbonyl (C=O) groups excluding carboxylic acids is 2. The van der Waals surface area contributed by atoms with E-state index in [1.165, 1.54) is 0 Å². The van der Waals surface area contributed by atoms with Crippen molar-refractivity contribution in [3.8, 4) is 5.75 Å². The second-order valence-electron chi connectivity index (χ2n) is 13.8. The van der Waals surface area contributed by atoms with Crippen LogP contribution in [-0.4, -0.2) is 61.2 Å². The smallest absolute Gasteiger partial charge is 0.266 e. The quantitative estimate of drug-likeness (QED) is 0.103. The number of nitrogens with zero attached hydrogens (tertiary/aromatic N) is 4. The van der Waals surface area contributed by atoms with Gasteiger partial charge >= 0.3 is 0 Å². The molecule has 8 nitrogen and oxygen atoms in total. The van der Waals surface area contributed by atoms with Crippen molar-refractivity contribution in [3.05, 3.63) is 111 Å². The number of thiocarbonyl (C=S) groups is 1. The van der Waals surface area contributed by atoms with Crippen LogP contribution in [0.2, 0.25) is 0 Å². The average molecular weight is 737 g/mol. The fourth-order valence-corrected chi connectivity index (χ4v) is 9.21. The number of amides is 2. The number of aryl methyl sites for hydroxylation is 2. The molecular weight excluding hydrogens is 693 g/mol. The van der Waals surface area contributed by atoms with Crippen molar-refractivity contribution in [1.29, 1.82) is 0 Å². The van der Waals surface area contributed by atoms with Crippen molar-refractivity contribution in [1.82, 2.24) is 18.9 Å². The van der Waals surface area contributed by atoms with E-state index >= 15 is 0 Å². The molecule has 2 aliphatic rings. The number of hydrogen-bond acceptors (Lipinski definition) is 5. The highest BCUT2D eigenvalue weighted by atomic mass is 32.1. The third-order valence-electron chi connectivity index (χ3n) is 11.3. The molecule has 0 spiro atoms. The van der Waals surface area contributed by atoms with Crippen LogP contribution in [0.15, 0.2) is 95.1 Å². The molecule has 4 aromatic carbocycles. The van der Waals surface area contributed by atoms with Crippen molar-refractivity contribution in [2.45, 2.75) is 60.2 Å². The average Bonchev–Trinajstić information content (AvgIpc) is 3.84. The second kappa shape index (κ2) is 14.0. The highest BCUT2D eigenvalue weighted by Crippen LogP contribution is 2.41. The monoisotopic (exact) mass is 736 g/mol. The molecule has 1 saturated heterocycles. The molecule has 54 heavy (non-hydrogen) atoms. The first-order valence-corrected chi connectivity index (χ1v) is 19.3. The lowest BCUT2D eigenvalue weighted by Crippen LogP contribution is -2.56. The van der Waals surface area contributed by atoms with Crippen LogP contribution in [0.1, 0.15) is 46.1 Å². The second-order valence-corrected chi connectivity index (χ2v) is 14.1. The van der Waals surface area contributed by atoms with E-state index in [-0.39, 0.29) is 29.1 Å². The number of aliphatic hydroxyl groups is 1. The van der Waals surface area contributed by atoms with E-state index in [1.807, 2.05) is 32.0 Å². The van der Waals surface area contributed by atoms with E-state index in [0.717, 1.165) is 89.6 Å². The number of likely N-dealkylation sites (N-methyl/N-ethyl adjacent to an activating group) is 2. The van der Waals surface area contributed by atoms with Gasteiger partial charge in [0.05, 0.1) is 13.7 Å². The van der Waals surface area contributed by atoms with Crippen molar-refractivity contribution >= 4 is 84.6 Å². The number of ether oxygens (including phenoxy) is 1. The summed E-state index contributed by atoms with van der Waals surface area (Å²) in [6.45, 7) is 10.3. The standard InChI is InChI=1S/C45H44N4O4S/c1-6-46-34(31-13-10-12-30-29(26-50)20-23-36(46)40(30)31)21-18-27-16-17-28(39(27)42-43(51)48(8-3)45(54)49(9-4)44(42)52)19-22-35-32-14-11-15-33-38(53-5)25-24-37(41(32)33)47(35)7-2/h10-15,18-25,50H,6-9,16-17,26H2,1-5H3/b27-18-,28-19+,34-21+,35-22+. The van der Waals surface area contributed by atoms with E-state index in [0.29, 0.717) is 31.5 Å². The van der Waals surface area contributed by atoms with Gasteiger partial charge in [0, 0.05) is 74.8 Å². The summed E-state index contributed by atoms with van der Waals surface area (Å²) in [6, 6.07) is 20.8. The van der Waals surface area contributed by atoms with Gasteiger partial charge in [-0.25, -0.2) is 0 Å². The van der Waals surface area contributed by atoms with Crippen LogP contribution in [-0.2, 0) is 29.3 Å². The normalized spacial score (nSPS) is 17.9. The van der Waals surface area contributed by atoms with Crippen LogP contribution in [0.25, 0.3) is 55.5 Å². The molecule has 1 N–H and O–H groups in total. The summed E-state index contributed by atoms with van der Waals surface area (Å²) in [6.07, 6.45) is 9.83. The van der Waals surface area contributed by atoms with Crippen LogP contribution >= 0.6 is 12.2 Å². The van der Waals surface area contributed by atoms with E-state index in [1.54, 1.807) is 16.9 Å². The molecule has 8 rings (SSSR count). The summed E-state index contributed by atoms with van der Waals surface area (Å²) in [5, 5.41) is 19.1. The van der Waals surface area contributed by atoms with Crippen molar-refractivity contribution in [2.24, 2.45) is 0 Å². The van der Waals surface area contributed by atoms with E-state index in [2.05, 4.69) is 89.8 Å². The van der Waals surface area contributed by atoms with Gasteiger partial charge in [-0.1, -0.05) is 54.6 Å². The zero-order valence-corrected chi connectivity index (χ0v) is 32.2. The summed E-state index contributed by atoms with van der Waals surface area (Å²) in [5.74, 6) is 0.135. The molecule has 6 aromatic rings. The highest BCUT2D eigenvalue weighted by Gasteiger charge is 2.42. The Balaban J connectivity index is 1.38. The van der Waals surface area contributed by atoms with Gasteiger partial charge in [-0.2, -0.15) is 0 Å². The Bertz CT molecular complexity index is 2580. The third-order valence-corrected chi connectivity index (χ3v) is 11.7.